The lowest BCUT2D eigenvalue weighted by Gasteiger charge is -2.13. The number of methoxy groups -OCH3 is 1. The van der Waals surface area contributed by atoms with Crippen LogP contribution >= 0.6 is 56.9 Å². The largest absolute Gasteiger partial charge is 0.493 e. The summed E-state index contributed by atoms with van der Waals surface area (Å²) in [5, 5.41) is -0.282. The molecule has 2 aromatic rings. The second-order valence-corrected chi connectivity index (χ2v) is 9.32. The van der Waals surface area contributed by atoms with Crippen LogP contribution < -0.4 is 9.47 Å². The Bertz CT molecular complexity index is 1030. The molecule has 0 aliphatic carbocycles. The van der Waals surface area contributed by atoms with Gasteiger partial charge in [-0.2, -0.15) is 0 Å². The van der Waals surface area contributed by atoms with Crippen molar-refractivity contribution in [1.82, 2.24) is 4.90 Å². The molecule has 5 nitrogen and oxygen atoms in total. The third kappa shape index (κ3) is 5.26. The number of benzene rings is 2. The minimum atomic E-state index is -0.305. The number of thioether (sulfide) groups is 1. The highest BCUT2D eigenvalue weighted by molar-refractivity contribution is 14.1. The molecule has 0 N–H and O–H groups in total. The monoisotopic (exact) mass is 631 g/mol. The number of rotatable bonds is 6. The molecule has 0 unspecified atom stereocenters. The van der Waals surface area contributed by atoms with E-state index in [2.05, 4.69) is 51.1 Å². The molecule has 1 aliphatic rings. The van der Waals surface area contributed by atoms with E-state index in [9.17, 15) is 9.59 Å². The number of hydrogen-bond donors (Lipinski definition) is 0. The summed E-state index contributed by atoms with van der Waals surface area (Å²) in [4.78, 5) is 26.8. The summed E-state index contributed by atoms with van der Waals surface area (Å²) in [6.07, 6.45) is 6.94. The third-order valence-electron chi connectivity index (χ3n) is 3.98. The lowest BCUT2D eigenvalue weighted by molar-refractivity contribution is -0.123. The molecule has 148 valence electrons. The van der Waals surface area contributed by atoms with Gasteiger partial charge in [-0.1, -0.05) is 18.1 Å². The number of nitrogens with zero attached hydrogens (tertiary/aromatic N) is 1. The van der Waals surface area contributed by atoms with Gasteiger partial charge in [0.25, 0.3) is 11.1 Å². The highest BCUT2D eigenvalue weighted by Gasteiger charge is 2.35. The van der Waals surface area contributed by atoms with Gasteiger partial charge in [0, 0.05) is 3.57 Å². The molecule has 0 radical (unpaired) electrons. The number of ether oxygens (including phenoxy) is 2. The Labute approximate surface area is 200 Å². The molecule has 0 bridgehead atoms. The van der Waals surface area contributed by atoms with Gasteiger partial charge in [-0.05, 0) is 98.4 Å². The Balaban J connectivity index is 1.84. The molecule has 29 heavy (non-hydrogen) atoms. The van der Waals surface area contributed by atoms with Crippen LogP contribution in [-0.2, 0) is 11.3 Å². The third-order valence-corrected chi connectivity index (χ3v) is 6.40. The van der Waals surface area contributed by atoms with Gasteiger partial charge >= 0.3 is 0 Å². The van der Waals surface area contributed by atoms with E-state index in [0.717, 1.165) is 30.0 Å². The normalized spacial score (nSPS) is 15.0. The second kappa shape index (κ2) is 9.86. The van der Waals surface area contributed by atoms with Gasteiger partial charge in [-0.3, -0.25) is 14.5 Å². The summed E-state index contributed by atoms with van der Waals surface area (Å²) in [6.45, 7) is 0.377. The Hall–Kier alpha value is -1.71. The summed E-state index contributed by atoms with van der Waals surface area (Å²) in [5.74, 6) is 3.18. The molecule has 8 heteroatoms. The van der Waals surface area contributed by atoms with Crippen LogP contribution in [0.5, 0.6) is 11.5 Å². The second-order valence-electron chi connectivity index (χ2n) is 5.92. The first-order valence-corrected chi connectivity index (χ1v) is 11.3. The summed E-state index contributed by atoms with van der Waals surface area (Å²) in [7, 11) is 1.53. The van der Waals surface area contributed by atoms with E-state index in [-0.39, 0.29) is 24.3 Å². The van der Waals surface area contributed by atoms with Gasteiger partial charge in [0.1, 0.15) is 6.61 Å². The van der Waals surface area contributed by atoms with Crippen molar-refractivity contribution in [2.45, 2.75) is 6.54 Å². The molecular weight excluding hydrogens is 616 g/mol. The first kappa shape index (κ1) is 22.0. The zero-order valence-corrected chi connectivity index (χ0v) is 20.4. The molecule has 3 rings (SSSR count). The minimum absolute atomic E-state index is 0.128. The minimum Gasteiger partial charge on any atom is -0.493 e. The summed E-state index contributed by atoms with van der Waals surface area (Å²) < 4.78 is 12.8. The van der Waals surface area contributed by atoms with Crippen molar-refractivity contribution >= 4 is 74.2 Å². The first-order valence-electron chi connectivity index (χ1n) is 8.36. The average Bonchev–Trinajstić information content (AvgIpc) is 2.95. The number of hydrogen-bond acceptors (Lipinski definition) is 5. The molecule has 1 heterocycles. The van der Waals surface area contributed by atoms with Crippen molar-refractivity contribution in [1.29, 1.82) is 0 Å². The summed E-state index contributed by atoms with van der Waals surface area (Å²) in [5.41, 5.74) is 1.64. The Morgan fingerprint density at radius 3 is 2.59 bits per heavy atom. The standard InChI is InChI=1S/C21H15I2NO4S/c1-3-8-28-19-16(23)9-14(10-17(19)27-2)11-18-20(25)24(21(26)29-18)12-13-4-6-15(22)7-5-13/h1,4-7,9-11H,8,12H2,2H3/b18-11-. The average molecular weight is 631 g/mol. The lowest BCUT2D eigenvalue weighted by Crippen LogP contribution is -2.27. The number of carbonyl (C=O) groups is 2. The van der Waals surface area contributed by atoms with Crippen molar-refractivity contribution in [3.05, 3.63) is 59.6 Å². The number of carbonyl (C=O) groups excluding carboxylic acids is 2. The molecule has 1 saturated heterocycles. The molecular formula is C21H15I2NO4S. The number of terminal acetylenes is 1. The highest BCUT2D eigenvalue weighted by Crippen LogP contribution is 2.37. The van der Waals surface area contributed by atoms with Crippen molar-refractivity contribution < 1.29 is 19.1 Å². The van der Waals surface area contributed by atoms with Crippen LogP contribution in [-0.4, -0.2) is 29.8 Å². The lowest BCUT2D eigenvalue weighted by atomic mass is 10.1. The fourth-order valence-corrected chi connectivity index (χ4v) is 4.62. The number of halogens is 2. The quantitative estimate of drug-likeness (QED) is 0.251. The van der Waals surface area contributed by atoms with Crippen LogP contribution in [0.3, 0.4) is 0 Å². The van der Waals surface area contributed by atoms with Gasteiger partial charge in [0.15, 0.2) is 11.5 Å². The van der Waals surface area contributed by atoms with Gasteiger partial charge < -0.3 is 9.47 Å². The van der Waals surface area contributed by atoms with Crippen LogP contribution in [0.2, 0.25) is 0 Å². The molecule has 0 aromatic heterocycles. The van der Waals surface area contributed by atoms with Gasteiger partial charge in [0.2, 0.25) is 0 Å². The van der Waals surface area contributed by atoms with Crippen molar-refractivity contribution in [3.8, 4) is 23.8 Å². The highest BCUT2D eigenvalue weighted by atomic mass is 127. The summed E-state index contributed by atoms with van der Waals surface area (Å²) >= 11 is 5.26. The van der Waals surface area contributed by atoms with Crippen LogP contribution in [0.4, 0.5) is 4.79 Å². The van der Waals surface area contributed by atoms with E-state index in [0.29, 0.717) is 16.4 Å². The zero-order chi connectivity index (χ0) is 21.0. The van der Waals surface area contributed by atoms with Crippen LogP contribution in [0.25, 0.3) is 6.08 Å². The number of imide groups is 1. The molecule has 2 aromatic carbocycles. The molecule has 0 atom stereocenters. The maximum Gasteiger partial charge on any atom is 0.293 e. The van der Waals surface area contributed by atoms with E-state index in [1.165, 1.54) is 12.0 Å². The SMILES string of the molecule is C#CCOc1c(I)cc(/C=C2\SC(=O)N(Cc3ccc(I)cc3)C2=O)cc1OC. The summed E-state index contributed by atoms with van der Waals surface area (Å²) in [6, 6.07) is 11.3. The Morgan fingerprint density at radius 1 is 1.21 bits per heavy atom. The maximum absolute atomic E-state index is 12.8. The topological polar surface area (TPSA) is 55.8 Å². The van der Waals surface area contributed by atoms with Crippen LogP contribution in [0, 0.1) is 19.5 Å². The van der Waals surface area contributed by atoms with Gasteiger partial charge in [-0.15, -0.1) is 6.42 Å². The predicted octanol–water partition coefficient (Wildman–Crippen LogP) is 5.15. The van der Waals surface area contributed by atoms with Crippen LogP contribution in [0.1, 0.15) is 11.1 Å². The number of amides is 2. The van der Waals surface area contributed by atoms with Gasteiger partial charge in [-0.25, -0.2) is 0 Å². The van der Waals surface area contributed by atoms with E-state index in [1.807, 2.05) is 30.3 Å². The van der Waals surface area contributed by atoms with E-state index in [1.54, 1.807) is 12.1 Å². The van der Waals surface area contributed by atoms with Crippen molar-refractivity contribution in [3.63, 3.8) is 0 Å². The van der Waals surface area contributed by atoms with Gasteiger partial charge in [0.05, 0.1) is 22.1 Å². The van der Waals surface area contributed by atoms with Crippen molar-refractivity contribution in [2.75, 3.05) is 13.7 Å². The fraction of sp³-hybridized carbons (Fsp3) is 0.143. The fourth-order valence-electron chi connectivity index (χ4n) is 2.64. The maximum atomic E-state index is 12.8. The molecule has 0 saturated carbocycles. The Morgan fingerprint density at radius 2 is 1.93 bits per heavy atom. The smallest absolute Gasteiger partial charge is 0.293 e. The molecule has 1 fully saturated rings. The van der Waals surface area contributed by atoms with Crippen molar-refractivity contribution in [2.24, 2.45) is 0 Å². The van der Waals surface area contributed by atoms with E-state index in [4.69, 9.17) is 15.9 Å². The molecule has 2 amide bonds. The molecule has 0 spiro atoms. The van der Waals surface area contributed by atoms with E-state index >= 15 is 0 Å². The molecule has 1 aliphatic heterocycles. The predicted molar refractivity (Wildman–Crippen MR) is 131 cm³/mol. The van der Waals surface area contributed by atoms with E-state index < -0.39 is 0 Å². The Kier molecular flexibility index (Phi) is 7.48. The first-order chi connectivity index (χ1) is 13.9. The zero-order valence-electron chi connectivity index (χ0n) is 15.3. The van der Waals surface area contributed by atoms with Crippen LogP contribution in [0.15, 0.2) is 41.3 Å².